The highest BCUT2D eigenvalue weighted by molar-refractivity contribution is 5.79. The van der Waals surface area contributed by atoms with Gasteiger partial charge in [0.1, 0.15) is 11.3 Å². The second-order valence-corrected chi connectivity index (χ2v) is 9.09. The summed E-state index contributed by atoms with van der Waals surface area (Å²) in [7, 11) is 0. The molecule has 9 heteroatoms. The number of imidazole rings is 1. The van der Waals surface area contributed by atoms with E-state index in [0.29, 0.717) is 36.5 Å². The maximum absolute atomic E-state index is 13.2. The first-order chi connectivity index (χ1) is 13.5. The van der Waals surface area contributed by atoms with E-state index >= 15 is 0 Å². The minimum Gasteiger partial charge on any atom is -0.350 e. The van der Waals surface area contributed by atoms with E-state index in [1.54, 1.807) is 6.07 Å². The molecule has 4 heterocycles. The molecule has 5 rings (SSSR count). The number of amides is 1. The van der Waals surface area contributed by atoms with E-state index in [4.69, 9.17) is 0 Å². The smallest absolute Gasteiger partial charge is 0.350 e. The van der Waals surface area contributed by atoms with Gasteiger partial charge in [-0.25, -0.2) is 4.98 Å². The van der Waals surface area contributed by atoms with Crippen LogP contribution in [-0.4, -0.2) is 62.9 Å². The van der Waals surface area contributed by atoms with Gasteiger partial charge in [-0.3, -0.25) is 14.6 Å². The maximum Gasteiger partial charge on any atom is 0.418 e. The summed E-state index contributed by atoms with van der Waals surface area (Å²) in [6.07, 6.45) is -3.37. The number of carbonyl (C=O) groups is 1. The lowest BCUT2D eigenvalue weighted by molar-refractivity contribution is -0.136. The first kappa shape index (κ1) is 20.2. The summed E-state index contributed by atoms with van der Waals surface area (Å²) >= 11 is 0. The molecule has 3 saturated heterocycles. The number of benzene rings is 1. The fraction of sp³-hybridized carbons (Fsp3) is 0.600. The van der Waals surface area contributed by atoms with Gasteiger partial charge in [0.2, 0.25) is 5.91 Å². The van der Waals surface area contributed by atoms with Gasteiger partial charge in [0.15, 0.2) is 0 Å². The summed E-state index contributed by atoms with van der Waals surface area (Å²) in [5.41, 5.74) is -0.593. The largest absolute Gasteiger partial charge is 0.418 e. The molecule has 6 nitrogen and oxygen atoms in total. The number of nitrogens with one attached hydrogen (secondary N) is 2. The molecule has 3 aliphatic heterocycles. The Balaban J connectivity index is 1.39. The summed E-state index contributed by atoms with van der Waals surface area (Å²) < 4.78 is 39.6. The van der Waals surface area contributed by atoms with Crippen LogP contribution in [0.1, 0.15) is 38.6 Å². The average Bonchev–Trinajstić information content (AvgIpc) is 2.99. The number of fused-ring (bicyclic) bond motifs is 3. The van der Waals surface area contributed by atoms with E-state index < -0.39 is 11.7 Å². The minimum absolute atomic E-state index is 0.0256. The predicted octanol–water partition coefficient (Wildman–Crippen LogP) is 2.75. The SMILES string of the molecule is CC(C)(C)NC(=O)CN1C2CC1CN(Cc1nc3c(C(F)(F)F)cccc3[nH]1)C2. The molecule has 1 aromatic heterocycles. The van der Waals surface area contributed by atoms with Crippen LogP contribution in [0.4, 0.5) is 13.2 Å². The number of alkyl halides is 3. The molecular weight excluding hydrogens is 383 g/mol. The molecule has 0 spiro atoms. The first-order valence-electron chi connectivity index (χ1n) is 9.83. The van der Waals surface area contributed by atoms with Crippen molar-refractivity contribution >= 4 is 16.9 Å². The summed E-state index contributed by atoms with van der Waals surface area (Å²) in [5.74, 6) is 0.563. The van der Waals surface area contributed by atoms with Gasteiger partial charge in [0.05, 0.1) is 24.2 Å². The molecule has 2 N–H and O–H groups in total. The molecule has 3 fully saturated rings. The Morgan fingerprint density at radius 2 is 1.93 bits per heavy atom. The van der Waals surface area contributed by atoms with Crippen LogP contribution < -0.4 is 5.32 Å². The minimum atomic E-state index is -4.42. The van der Waals surface area contributed by atoms with Crippen LogP contribution >= 0.6 is 0 Å². The van der Waals surface area contributed by atoms with Crippen molar-refractivity contribution < 1.29 is 18.0 Å². The monoisotopic (exact) mass is 409 g/mol. The van der Waals surface area contributed by atoms with Gasteiger partial charge in [-0.05, 0) is 39.3 Å². The Kier molecular flexibility index (Phi) is 4.85. The van der Waals surface area contributed by atoms with Gasteiger partial charge in [0, 0.05) is 30.7 Å². The van der Waals surface area contributed by atoms with Crippen LogP contribution in [0.3, 0.4) is 0 Å². The number of nitrogens with zero attached hydrogens (tertiary/aromatic N) is 3. The highest BCUT2D eigenvalue weighted by Crippen LogP contribution is 2.35. The normalized spacial score (nSPS) is 23.2. The molecule has 2 atom stereocenters. The number of halogens is 3. The molecule has 1 amide bonds. The number of carbonyl (C=O) groups excluding carboxylic acids is 1. The maximum atomic E-state index is 13.2. The Hall–Kier alpha value is -2.13. The number of rotatable bonds is 4. The quantitative estimate of drug-likeness (QED) is 0.815. The standard InChI is InChI=1S/C20H26F3N5O/c1-19(2,3)26-17(29)11-28-12-7-13(28)9-27(8-12)10-16-24-15-6-4-5-14(18(15)25-16)20(21,22)23/h4-6,12-13H,7-11H2,1-3H3,(H,24,25)(H,26,29). The number of para-hydroxylation sites is 1. The second kappa shape index (κ2) is 6.98. The van der Waals surface area contributed by atoms with Crippen molar-refractivity contribution in [3.8, 4) is 0 Å². The van der Waals surface area contributed by atoms with Gasteiger partial charge in [0.25, 0.3) is 0 Å². The van der Waals surface area contributed by atoms with Crippen molar-refractivity contribution in [3.63, 3.8) is 0 Å². The van der Waals surface area contributed by atoms with Gasteiger partial charge < -0.3 is 10.3 Å². The molecule has 0 radical (unpaired) electrons. The van der Waals surface area contributed by atoms with Crippen molar-refractivity contribution in [1.82, 2.24) is 25.1 Å². The highest BCUT2D eigenvalue weighted by atomic mass is 19.4. The van der Waals surface area contributed by atoms with E-state index in [1.807, 2.05) is 20.8 Å². The zero-order valence-electron chi connectivity index (χ0n) is 16.8. The third-order valence-electron chi connectivity index (χ3n) is 5.50. The number of H-pyrrole nitrogens is 1. The van der Waals surface area contributed by atoms with Crippen molar-refractivity contribution in [2.24, 2.45) is 0 Å². The van der Waals surface area contributed by atoms with Crippen molar-refractivity contribution in [2.75, 3.05) is 19.6 Å². The molecule has 158 valence electrons. The highest BCUT2D eigenvalue weighted by Gasteiger charge is 2.45. The summed E-state index contributed by atoms with van der Waals surface area (Å²) in [4.78, 5) is 23.9. The van der Waals surface area contributed by atoms with Gasteiger partial charge in [-0.15, -0.1) is 0 Å². The van der Waals surface area contributed by atoms with Gasteiger partial charge in [-0.2, -0.15) is 13.2 Å². The molecule has 2 aromatic rings. The number of hydrogen-bond donors (Lipinski definition) is 2. The average molecular weight is 409 g/mol. The molecule has 0 saturated carbocycles. The van der Waals surface area contributed by atoms with Gasteiger partial charge in [-0.1, -0.05) is 6.07 Å². The lowest BCUT2D eigenvalue weighted by atomic mass is 9.87. The Morgan fingerprint density at radius 1 is 1.24 bits per heavy atom. The number of hydrogen-bond acceptors (Lipinski definition) is 4. The van der Waals surface area contributed by atoms with E-state index in [1.165, 1.54) is 6.07 Å². The van der Waals surface area contributed by atoms with Crippen LogP contribution in [0, 0.1) is 0 Å². The third-order valence-corrected chi connectivity index (χ3v) is 5.50. The van der Waals surface area contributed by atoms with E-state index in [9.17, 15) is 18.0 Å². The molecular formula is C20H26F3N5O. The Morgan fingerprint density at radius 3 is 2.55 bits per heavy atom. The van der Waals surface area contributed by atoms with Crippen molar-refractivity contribution in [1.29, 1.82) is 0 Å². The molecule has 2 unspecified atom stereocenters. The Labute approximate surface area is 167 Å². The van der Waals surface area contributed by atoms with Crippen LogP contribution in [0.25, 0.3) is 11.0 Å². The number of aromatic amines is 1. The van der Waals surface area contributed by atoms with Crippen LogP contribution in [0.15, 0.2) is 18.2 Å². The summed E-state index contributed by atoms with van der Waals surface area (Å²) in [5, 5.41) is 2.99. The van der Waals surface area contributed by atoms with E-state index in [0.717, 1.165) is 25.6 Å². The summed E-state index contributed by atoms with van der Waals surface area (Å²) in [6, 6.07) is 4.67. The lowest BCUT2D eigenvalue weighted by Crippen LogP contribution is -2.69. The van der Waals surface area contributed by atoms with E-state index in [2.05, 4.69) is 25.1 Å². The van der Waals surface area contributed by atoms with Crippen LogP contribution in [-0.2, 0) is 17.5 Å². The number of piperidine rings is 1. The molecule has 0 aliphatic carbocycles. The number of piperazine rings is 1. The second-order valence-electron chi connectivity index (χ2n) is 9.09. The summed E-state index contributed by atoms with van der Waals surface area (Å²) in [6.45, 7) is 8.30. The molecule has 2 bridgehead atoms. The first-order valence-corrected chi connectivity index (χ1v) is 9.83. The van der Waals surface area contributed by atoms with E-state index in [-0.39, 0.29) is 17.0 Å². The zero-order valence-corrected chi connectivity index (χ0v) is 16.8. The van der Waals surface area contributed by atoms with Crippen LogP contribution in [0.5, 0.6) is 0 Å². The molecule has 1 aromatic carbocycles. The van der Waals surface area contributed by atoms with Crippen LogP contribution in [0.2, 0.25) is 0 Å². The number of aromatic nitrogens is 2. The van der Waals surface area contributed by atoms with Gasteiger partial charge >= 0.3 is 6.18 Å². The fourth-order valence-corrected chi connectivity index (χ4v) is 4.38. The molecule has 29 heavy (non-hydrogen) atoms. The zero-order chi connectivity index (χ0) is 21.0. The predicted molar refractivity (Wildman–Crippen MR) is 103 cm³/mol. The fourth-order valence-electron chi connectivity index (χ4n) is 4.38. The topological polar surface area (TPSA) is 64.3 Å². The third kappa shape index (κ3) is 4.25. The lowest BCUT2D eigenvalue weighted by Gasteiger charge is -2.56. The molecule has 3 aliphatic rings. The van der Waals surface area contributed by atoms with Crippen molar-refractivity contribution in [2.45, 2.75) is 57.5 Å². The van der Waals surface area contributed by atoms with Crippen molar-refractivity contribution in [3.05, 3.63) is 29.6 Å². The Bertz CT molecular complexity index is 905.